The quantitative estimate of drug-likeness (QED) is 0.394. The zero-order valence-corrected chi connectivity index (χ0v) is 22.3. The third-order valence-electron chi connectivity index (χ3n) is 7.95. The number of H-pyrrole nitrogens is 1. The molecule has 2 fully saturated rings. The minimum Gasteiger partial charge on any atom is -0.349 e. The molecule has 2 aromatic heterocycles. The van der Waals surface area contributed by atoms with Crippen LogP contribution in [0.2, 0.25) is 0 Å². The van der Waals surface area contributed by atoms with Crippen molar-refractivity contribution in [2.45, 2.75) is 56.9 Å². The van der Waals surface area contributed by atoms with Crippen LogP contribution in [0.5, 0.6) is 0 Å². The molecule has 0 aliphatic carbocycles. The Kier molecular flexibility index (Phi) is 6.13. The number of aromatic nitrogens is 3. The second kappa shape index (κ2) is 9.37. The predicted molar refractivity (Wildman–Crippen MR) is 147 cm³/mol. The molecule has 0 amide bonds. The fraction of sp³-hybridized carbons (Fsp3) is 0.357. The van der Waals surface area contributed by atoms with Crippen molar-refractivity contribution in [1.82, 2.24) is 23.3 Å². The van der Waals surface area contributed by atoms with Crippen LogP contribution in [0.3, 0.4) is 0 Å². The third-order valence-corrected chi connectivity index (χ3v) is 9.88. The van der Waals surface area contributed by atoms with Gasteiger partial charge in [-0.1, -0.05) is 42.5 Å². The van der Waals surface area contributed by atoms with Gasteiger partial charge in [0.15, 0.2) is 0 Å². The summed E-state index contributed by atoms with van der Waals surface area (Å²) in [6, 6.07) is 19.0. The maximum Gasteiger partial charge on any atom is 0.331 e. The summed E-state index contributed by atoms with van der Waals surface area (Å²) >= 11 is 0. The number of aryl methyl sites for hydroxylation is 1. The normalized spacial score (nSPS) is 20.1. The van der Waals surface area contributed by atoms with Crippen molar-refractivity contribution in [2.24, 2.45) is 0 Å². The molecule has 1 N–H and O–H groups in total. The molecule has 4 aromatic rings. The Balaban J connectivity index is 1.24. The molecule has 4 heterocycles. The van der Waals surface area contributed by atoms with Crippen LogP contribution in [0, 0.1) is 0 Å². The molecule has 6 rings (SSSR count). The highest BCUT2D eigenvalue weighted by Crippen LogP contribution is 2.36. The van der Waals surface area contributed by atoms with Crippen molar-refractivity contribution in [1.29, 1.82) is 0 Å². The maximum atomic E-state index is 13.5. The van der Waals surface area contributed by atoms with Crippen molar-refractivity contribution in [3.05, 3.63) is 87.1 Å². The first kappa shape index (κ1) is 24.8. The van der Waals surface area contributed by atoms with Gasteiger partial charge in [-0.2, -0.15) is 4.31 Å². The second-order valence-electron chi connectivity index (χ2n) is 10.1. The topological polar surface area (TPSA) is 100 Å². The molecule has 38 heavy (non-hydrogen) atoms. The summed E-state index contributed by atoms with van der Waals surface area (Å²) in [5.41, 5.74) is 2.88. The van der Waals surface area contributed by atoms with Crippen molar-refractivity contribution >= 4 is 21.1 Å². The van der Waals surface area contributed by atoms with Gasteiger partial charge in [-0.25, -0.2) is 13.2 Å². The summed E-state index contributed by atoms with van der Waals surface area (Å²) in [6.45, 7) is 6.43. The van der Waals surface area contributed by atoms with E-state index in [1.807, 2.05) is 25.1 Å². The zero-order valence-electron chi connectivity index (χ0n) is 21.5. The number of fused-ring (bicyclic) bond motifs is 3. The van der Waals surface area contributed by atoms with Crippen molar-refractivity contribution in [3.8, 4) is 11.3 Å². The van der Waals surface area contributed by atoms with E-state index in [4.69, 9.17) is 0 Å². The number of rotatable bonds is 7. The van der Waals surface area contributed by atoms with E-state index in [-0.39, 0.29) is 34.8 Å². The van der Waals surface area contributed by atoms with Crippen LogP contribution in [0.1, 0.15) is 25.8 Å². The van der Waals surface area contributed by atoms with Crippen LogP contribution in [0.25, 0.3) is 22.3 Å². The molecular weight excluding hydrogens is 502 g/mol. The van der Waals surface area contributed by atoms with E-state index in [0.29, 0.717) is 29.8 Å². The molecule has 0 radical (unpaired) electrons. The van der Waals surface area contributed by atoms with E-state index < -0.39 is 10.0 Å². The van der Waals surface area contributed by atoms with E-state index in [9.17, 15) is 18.0 Å². The van der Waals surface area contributed by atoms with Crippen molar-refractivity contribution < 1.29 is 8.42 Å². The second-order valence-corrected chi connectivity index (χ2v) is 12.0. The van der Waals surface area contributed by atoms with Gasteiger partial charge in [0, 0.05) is 50.5 Å². The molecule has 2 aliphatic heterocycles. The Morgan fingerprint density at radius 3 is 2.24 bits per heavy atom. The average Bonchev–Trinajstić information content (AvgIpc) is 3.65. The smallest absolute Gasteiger partial charge is 0.331 e. The van der Waals surface area contributed by atoms with E-state index >= 15 is 0 Å². The number of hydrogen-bond donors (Lipinski definition) is 1. The van der Waals surface area contributed by atoms with Crippen LogP contribution in [-0.4, -0.2) is 56.9 Å². The lowest BCUT2D eigenvalue weighted by atomic mass is 10.1. The van der Waals surface area contributed by atoms with Crippen LogP contribution >= 0.6 is 0 Å². The van der Waals surface area contributed by atoms with Gasteiger partial charge in [-0.15, -0.1) is 0 Å². The van der Waals surface area contributed by atoms with Crippen LogP contribution < -0.4 is 11.2 Å². The van der Waals surface area contributed by atoms with Gasteiger partial charge in [0.05, 0.1) is 10.4 Å². The number of nitrogens with zero attached hydrogens (tertiary/aromatic N) is 4. The van der Waals surface area contributed by atoms with Gasteiger partial charge in [0.2, 0.25) is 10.0 Å². The van der Waals surface area contributed by atoms with Gasteiger partial charge in [-0.05, 0) is 49.6 Å². The molecule has 2 bridgehead atoms. The number of benzene rings is 2. The summed E-state index contributed by atoms with van der Waals surface area (Å²) in [5.74, 6) is 0. The first-order chi connectivity index (χ1) is 18.3. The number of aromatic amines is 1. The number of sulfonamides is 1. The molecule has 0 saturated carbocycles. The molecule has 2 saturated heterocycles. The summed E-state index contributed by atoms with van der Waals surface area (Å²) in [4.78, 5) is 31.3. The van der Waals surface area contributed by atoms with Gasteiger partial charge < -0.3 is 4.98 Å². The SMILES string of the molecule is CCn1c(=O)c2[nH]c(-c3ccc(S(=O)(=O)N4C[C@@H]5C[C@H]4CN5Cc4ccccc4)cc3)cc2n(CC)c1=O. The highest BCUT2D eigenvalue weighted by Gasteiger charge is 2.48. The highest BCUT2D eigenvalue weighted by atomic mass is 32.2. The monoisotopic (exact) mass is 533 g/mol. The van der Waals surface area contributed by atoms with E-state index in [1.165, 1.54) is 10.1 Å². The number of hydrogen-bond acceptors (Lipinski definition) is 5. The summed E-state index contributed by atoms with van der Waals surface area (Å²) in [7, 11) is -3.62. The van der Waals surface area contributed by atoms with Gasteiger partial charge in [0.1, 0.15) is 5.52 Å². The third kappa shape index (κ3) is 3.95. The molecule has 0 unspecified atom stereocenters. The van der Waals surface area contributed by atoms with Crippen LogP contribution in [0.4, 0.5) is 0 Å². The van der Waals surface area contributed by atoms with E-state index in [1.54, 1.807) is 46.1 Å². The van der Waals surface area contributed by atoms with Gasteiger partial charge >= 0.3 is 5.69 Å². The molecule has 2 aliphatic rings. The number of piperazine rings is 1. The van der Waals surface area contributed by atoms with Crippen LogP contribution in [0.15, 0.2) is 75.1 Å². The first-order valence-electron chi connectivity index (χ1n) is 13.1. The lowest BCUT2D eigenvalue weighted by molar-refractivity contribution is 0.174. The largest absolute Gasteiger partial charge is 0.349 e. The van der Waals surface area contributed by atoms with Crippen LogP contribution in [-0.2, 0) is 29.7 Å². The Morgan fingerprint density at radius 1 is 0.895 bits per heavy atom. The van der Waals surface area contributed by atoms with E-state index in [2.05, 4.69) is 22.0 Å². The highest BCUT2D eigenvalue weighted by molar-refractivity contribution is 7.89. The number of nitrogens with one attached hydrogen (secondary N) is 1. The molecule has 9 nitrogen and oxygen atoms in total. The van der Waals surface area contributed by atoms with Crippen molar-refractivity contribution in [3.63, 3.8) is 0 Å². The lowest BCUT2D eigenvalue weighted by Crippen LogP contribution is -2.48. The van der Waals surface area contributed by atoms with E-state index in [0.717, 1.165) is 25.1 Å². The molecule has 2 atom stereocenters. The maximum absolute atomic E-state index is 13.5. The standard InChI is InChI=1S/C28H31N5O4S/c1-3-31-25-15-24(29-26(25)27(34)32(4-2)28(31)35)20-10-12-23(13-11-20)38(36,37)33-18-21-14-22(33)17-30(21)16-19-8-6-5-7-9-19/h5-13,15,21-22,29H,3-4,14,16-18H2,1-2H3/t21-,22-/m0/s1. The number of likely N-dealkylation sites (tertiary alicyclic amines) is 1. The predicted octanol–water partition coefficient (Wildman–Crippen LogP) is 2.85. The molecule has 198 valence electrons. The summed E-state index contributed by atoms with van der Waals surface area (Å²) < 4.78 is 31.5. The Bertz CT molecular complexity index is 1720. The average molecular weight is 534 g/mol. The molecule has 10 heteroatoms. The summed E-state index contributed by atoms with van der Waals surface area (Å²) in [5, 5.41) is 0. The summed E-state index contributed by atoms with van der Waals surface area (Å²) in [6.07, 6.45) is 0.855. The fourth-order valence-corrected chi connectivity index (χ4v) is 7.66. The minimum atomic E-state index is -3.62. The Morgan fingerprint density at radius 2 is 1.61 bits per heavy atom. The zero-order chi connectivity index (χ0) is 26.6. The van der Waals surface area contributed by atoms with Crippen molar-refractivity contribution in [2.75, 3.05) is 13.1 Å². The minimum absolute atomic E-state index is 0.0198. The molecule has 0 spiro atoms. The Hall–Kier alpha value is -3.47. The lowest BCUT2D eigenvalue weighted by Gasteiger charge is -2.33. The fourth-order valence-electron chi connectivity index (χ4n) is 5.99. The first-order valence-corrected chi connectivity index (χ1v) is 14.5. The van der Waals surface area contributed by atoms with Gasteiger partial charge in [-0.3, -0.25) is 18.8 Å². The molecular formula is C28H31N5O4S. The molecule has 2 aromatic carbocycles. The van der Waals surface area contributed by atoms with Gasteiger partial charge in [0.25, 0.3) is 5.56 Å². The Labute approximate surface area is 221 Å².